The summed E-state index contributed by atoms with van der Waals surface area (Å²) in [5, 5.41) is 17.4. The van der Waals surface area contributed by atoms with Crippen molar-refractivity contribution in [3.63, 3.8) is 0 Å². The van der Waals surface area contributed by atoms with Gasteiger partial charge in [-0.2, -0.15) is 5.10 Å². The van der Waals surface area contributed by atoms with Gasteiger partial charge in [-0.3, -0.25) is 9.89 Å². The van der Waals surface area contributed by atoms with Crippen LogP contribution in [-0.4, -0.2) is 45.3 Å². The van der Waals surface area contributed by atoms with E-state index < -0.39 is 0 Å². The Kier molecular flexibility index (Phi) is 5.87. The molecule has 0 aliphatic carbocycles. The summed E-state index contributed by atoms with van der Waals surface area (Å²) in [6.07, 6.45) is 5.51. The van der Waals surface area contributed by atoms with Crippen LogP contribution in [0.25, 0.3) is 0 Å². The molecule has 0 bridgehead atoms. The molecule has 0 unspecified atom stereocenters. The number of piperidine rings is 1. The molecule has 1 aliphatic heterocycles. The molecule has 1 saturated heterocycles. The van der Waals surface area contributed by atoms with Crippen molar-refractivity contribution in [1.82, 2.24) is 15.1 Å². The van der Waals surface area contributed by atoms with Crippen LogP contribution < -0.4 is 0 Å². The maximum absolute atomic E-state index is 12.6. The molecule has 25 heavy (non-hydrogen) atoms. The van der Waals surface area contributed by atoms with Crippen LogP contribution in [0.2, 0.25) is 0 Å². The third kappa shape index (κ3) is 4.28. The number of carbonyl (C=O) groups is 1. The predicted octanol–water partition coefficient (Wildman–Crippen LogP) is 2.82. The number of hydrogen-bond acceptors (Lipinski definition) is 3. The number of aromatic nitrogens is 2. The van der Waals surface area contributed by atoms with Crippen molar-refractivity contribution >= 4 is 5.91 Å². The lowest BCUT2D eigenvalue weighted by molar-refractivity contribution is 0.0436. The Morgan fingerprint density at radius 2 is 2.04 bits per heavy atom. The number of aromatic amines is 1. The molecule has 1 amide bonds. The van der Waals surface area contributed by atoms with Gasteiger partial charge in [0.2, 0.25) is 0 Å². The van der Waals surface area contributed by atoms with Gasteiger partial charge in [-0.1, -0.05) is 37.3 Å². The van der Waals surface area contributed by atoms with Gasteiger partial charge < -0.3 is 10.0 Å². The monoisotopic (exact) mass is 341 g/mol. The molecule has 1 fully saturated rings. The molecule has 0 saturated carbocycles. The van der Waals surface area contributed by atoms with Crippen LogP contribution in [0.1, 0.15) is 47.8 Å². The molecule has 1 aromatic heterocycles. The number of benzene rings is 1. The first-order valence-electron chi connectivity index (χ1n) is 9.22. The Bertz CT molecular complexity index is 675. The molecular formula is C20H27N3O2. The lowest BCUT2D eigenvalue weighted by Gasteiger charge is -2.34. The molecule has 134 valence electrons. The summed E-state index contributed by atoms with van der Waals surface area (Å²) in [5.41, 5.74) is 2.85. The number of aliphatic hydroxyl groups excluding tert-OH is 1. The molecule has 2 aromatic rings. The number of likely N-dealkylation sites (tertiary alicyclic amines) is 1. The van der Waals surface area contributed by atoms with E-state index in [-0.39, 0.29) is 17.9 Å². The fourth-order valence-electron chi connectivity index (χ4n) is 3.62. The summed E-state index contributed by atoms with van der Waals surface area (Å²) in [6.45, 7) is 3.43. The van der Waals surface area contributed by atoms with Crippen LogP contribution in [-0.2, 0) is 12.8 Å². The standard InChI is InChI=1S/C20H27N3O2/c1-2-18-17(14-21-22-18)20(25)23-12-10-16(11-13-23)19(24)9-8-15-6-4-3-5-7-15/h3-7,14,16,19,24H,2,8-13H2,1H3,(H,21,22)/t19-/m1/s1. The Morgan fingerprint density at radius 1 is 1.32 bits per heavy atom. The minimum absolute atomic E-state index is 0.0582. The highest BCUT2D eigenvalue weighted by Crippen LogP contribution is 2.25. The van der Waals surface area contributed by atoms with Crippen LogP contribution in [0.5, 0.6) is 0 Å². The van der Waals surface area contributed by atoms with E-state index in [4.69, 9.17) is 0 Å². The van der Waals surface area contributed by atoms with Crippen LogP contribution in [0, 0.1) is 5.92 Å². The number of nitrogens with one attached hydrogen (secondary N) is 1. The average molecular weight is 341 g/mol. The molecular weight excluding hydrogens is 314 g/mol. The number of carbonyl (C=O) groups excluding carboxylic acids is 1. The van der Waals surface area contributed by atoms with Crippen LogP contribution in [0.4, 0.5) is 0 Å². The van der Waals surface area contributed by atoms with Gasteiger partial charge in [0, 0.05) is 18.8 Å². The van der Waals surface area contributed by atoms with E-state index in [1.54, 1.807) is 6.20 Å². The Balaban J connectivity index is 1.49. The van der Waals surface area contributed by atoms with Gasteiger partial charge in [0.1, 0.15) is 0 Å². The molecule has 5 heteroatoms. The lowest BCUT2D eigenvalue weighted by Crippen LogP contribution is -2.41. The van der Waals surface area contributed by atoms with Crippen molar-refractivity contribution < 1.29 is 9.90 Å². The maximum Gasteiger partial charge on any atom is 0.257 e. The van der Waals surface area contributed by atoms with Crippen LogP contribution in [0.15, 0.2) is 36.5 Å². The van der Waals surface area contributed by atoms with Crippen LogP contribution >= 0.6 is 0 Å². The van der Waals surface area contributed by atoms with Gasteiger partial charge in [-0.15, -0.1) is 0 Å². The molecule has 0 spiro atoms. The van der Waals surface area contributed by atoms with E-state index in [1.165, 1.54) is 5.56 Å². The molecule has 2 N–H and O–H groups in total. The molecule has 3 rings (SSSR count). The van der Waals surface area contributed by atoms with Gasteiger partial charge in [0.05, 0.1) is 17.9 Å². The van der Waals surface area contributed by atoms with E-state index >= 15 is 0 Å². The zero-order chi connectivity index (χ0) is 17.6. The van der Waals surface area contributed by atoms with E-state index in [9.17, 15) is 9.90 Å². The molecule has 0 radical (unpaired) electrons. The van der Waals surface area contributed by atoms with Gasteiger partial charge in [0.15, 0.2) is 0 Å². The highest BCUT2D eigenvalue weighted by molar-refractivity contribution is 5.95. The topological polar surface area (TPSA) is 69.2 Å². The SMILES string of the molecule is CCc1[nH]ncc1C(=O)N1CCC([C@H](O)CCc2ccccc2)CC1. The molecule has 1 atom stereocenters. The van der Waals surface area contributed by atoms with E-state index in [0.29, 0.717) is 18.7 Å². The first-order chi connectivity index (χ1) is 12.2. The Hall–Kier alpha value is -2.14. The van der Waals surface area contributed by atoms with Gasteiger partial charge in [0.25, 0.3) is 5.91 Å². The number of hydrogen-bond donors (Lipinski definition) is 2. The normalized spacial score (nSPS) is 16.8. The van der Waals surface area contributed by atoms with Crippen molar-refractivity contribution in [2.45, 2.75) is 45.1 Å². The lowest BCUT2D eigenvalue weighted by atomic mass is 9.88. The Morgan fingerprint density at radius 3 is 2.72 bits per heavy atom. The third-order valence-electron chi connectivity index (χ3n) is 5.24. The second kappa shape index (κ2) is 8.30. The number of nitrogens with zero attached hydrogens (tertiary/aromatic N) is 2. The van der Waals surface area contributed by atoms with E-state index in [2.05, 4.69) is 22.3 Å². The number of aliphatic hydroxyl groups is 1. The third-order valence-corrected chi connectivity index (χ3v) is 5.24. The van der Waals surface area contributed by atoms with Crippen molar-refractivity contribution in [3.05, 3.63) is 53.3 Å². The fourth-order valence-corrected chi connectivity index (χ4v) is 3.62. The minimum Gasteiger partial charge on any atom is -0.393 e. The predicted molar refractivity (Wildman–Crippen MR) is 97.4 cm³/mol. The summed E-state index contributed by atoms with van der Waals surface area (Å²) >= 11 is 0. The second-order valence-corrected chi connectivity index (χ2v) is 6.84. The average Bonchev–Trinajstić information content (AvgIpc) is 3.15. The summed E-state index contributed by atoms with van der Waals surface area (Å²) in [4.78, 5) is 14.5. The minimum atomic E-state index is -0.294. The summed E-state index contributed by atoms with van der Waals surface area (Å²) < 4.78 is 0. The first kappa shape index (κ1) is 17.7. The zero-order valence-corrected chi connectivity index (χ0v) is 14.8. The highest BCUT2D eigenvalue weighted by atomic mass is 16.3. The number of H-pyrrole nitrogens is 1. The zero-order valence-electron chi connectivity index (χ0n) is 14.8. The van der Waals surface area contributed by atoms with Crippen molar-refractivity contribution in [2.24, 2.45) is 5.92 Å². The smallest absolute Gasteiger partial charge is 0.257 e. The molecule has 2 heterocycles. The van der Waals surface area contributed by atoms with Gasteiger partial charge in [-0.25, -0.2) is 0 Å². The Labute approximate surface area is 149 Å². The first-order valence-corrected chi connectivity index (χ1v) is 9.22. The number of amides is 1. The summed E-state index contributed by atoms with van der Waals surface area (Å²) in [5.74, 6) is 0.339. The highest BCUT2D eigenvalue weighted by Gasteiger charge is 2.28. The van der Waals surface area contributed by atoms with E-state index in [1.807, 2.05) is 30.0 Å². The molecule has 1 aliphatic rings. The maximum atomic E-state index is 12.6. The number of rotatable bonds is 6. The van der Waals surface area contributed by atoms with Gasteiger partial charge >= 0.3 is 0 Å². The summed E-state index contributed by atoms with van der Waals surface area (Å²) in [6, 6.07) is 10.3. The number of aryl methyl sites for hydroxylation is 2. The molecule has 1 aromatic carbocycles. The second-order valence-electron chi connectivity index (χ2n) is 6.84. The molecule has 5 nitrogen and oxygen atoms in total. The fraction of sp³-hybridized carbons (Fsp3) is 0.500. The van der Waals surface area contributed by atoms with Crippen molar-refractivity contribution in [2.75, 3.05) is 13.1 Å². The van der Waals surface area contributed by atoms with Crippen molar-refractivity contribution in [3.8, 4) is 0 Å². The quantitative estimate of drug-likeness (QED) is 0.849. The van der Waals surface area contributed by atoms with E-state index in [0.717, 1.165) is 37.8 Å². The van der Waals surface area contributed by atoms with Crippen LogP contribution in [0.3, 0.4) is 0 Å². The largest absolute Gasteiger partial charge is 0.393 e. The van der Waals surface area contributed by atoms with Crippen molar-refractivity contribution in [1.29, 1.82) is 0 Å². The summed E-state index contributed by atoms with van der Waals surface area (Å²) in [7, 11) is 0. The van der Waals surface area contributed by atoms with Gasteiger partial charge in [-0.05, 0) is 43.6 Å².